The lowest BCUT2D eigenvalue weighted by Gasteiger charge is -2.25. The SMILES string of the molecule is Cc1cccc(CC(NC2NCCS2)c2cccc(C)c2C)c1. The molecule has 2 N–H and O–H groups in total. The molecule has 0 aliphatic carbocycles. The minimum atomic E-state index is 0.333. The Labute approximate surface area is 144 Å². The second kappa shape index (κ2) is 7.52. The Bertz CT molecular complexity index is 662. The smallest absolute Gasteiger partial charge is 0.106 e. The van der Waals surface area contributed by atoms with Crippen LogP contribution >= 0.6 is 11.8 Å². The van der Waals surface area contributed by atoms with E-state index in [2.05, 4.69) is 73.9 Å². The maximum atomic E-state index is 3.82. The molecule has 1 aliphatic heterocycles. The van der Waals surface area contributed by atoms with E-state index in [9.17, 15) is 0 Å². The normalized spacial score (nSPS) is 19.0. The molecule has 2 unspecified atom stereocenters. The van der Waals surface area contributed by atoms with Crippen LogP contribution in [0, 0.1) is 20.8 Å². The Balaban J connectivity index is 1.87. The van der Waals surface area contributed by atoms with Gasteiger partial charge in [0.25, 0.3) is 0 Å². The number of hydrogen-bond donors (Lipinski definition) is 2. The minimum absolute atomic E-state index is 0.333. The zero-order valence-corrected chi connectivity index (χ0v) is 15.0. The van der Waals surface area contributed by atoms with Gasteiger partial charge in [-0.25, -0.2) is 0 Å². The van der Waals surface area contributed by atoms with Crippen LogP contribution < -0.4 is 10.6 Å². The summed E-state index contributed by atoms with van der Waals surface area (Å²) in [4.78, 5) is 0. The third-order valence-corrected chi connectivity index (χ3v) is 5.69. The molecule has 2 aromatic carbocycles. The average molecular weight is 327 g/mol. The molecule has 0 aromatic heterocycles. The Morgan fingerprint density at radius 2 is 2.00 bits per heavy atom. The summed E-state index contributed by atoms with van der Waals surface area (Å²) in [5.74, 6) is 1.18. The molecule has 0 spiro atoms. The maximum absolute atomic E-state index is 3.82. The van der Waals surface area contributed by atoms with Gasteiger partial charge < -0.3 is 0 Å². The van der Waals surface area contributed by atoms with Crippen molar-refractivity contribution in [1.82, 2.24) is 10.6 Å². The summed E-state index contributed by atoms with van der Waals surface area (Å²) in [6.45, 7) is 7.69. The number of rotatable bonds is 5. The van der Waals surface area contributed by atoms with Crippen LogP contribution in [0.5, 0.6) is 0 Å². The Hall–Kier alpha value is -1.29. The van der Waals surface area contributed by atoms with Crippen LogP contribution in [0.4, 0.5) is 0 Å². The Morgan fingerprint density at radius 1 is 1.17 bits per heavy atom. The van der Waals surface area contributed by atoms with Crippen molar-refractivity contribution in [3.8, 4) is 0 Å². The molecule has 0 radical (unpaired) electrons. The van der Waals surface area contributed by atoms with E-state index in [1.165, 1.54) is 33.6 Å². The summed E-state index contributed by atoms with van der Waals surface area (Å²) in [5.41, 5.74) is 7.26. The molecule has 0 saturated carbocycles. The number of hydrogen-bond acceptors (Lipinski definition) is 3. The standard InChI is InChI=1S/C20H26N2S/c1-14-6-4-8-17(12-14)13-19(22-20-21-10-11-23-20)18-9-5-7-15(2)16(18)3/h4-9,12,19-22H,10-11,13H2,1-3H3. The lowest BCUT2D eigenvalue weighted by atomic mass is 9.92. The van der Waals surface area contributed by atoms with Crippen LogP contribution in [0.2, 0.25) is 0 Å². The zero-order chi connectivity index (χ0) is 16.2. The van der Waals surface area contributed by atoms with Gasteiger partial charge in [-0.15, -0.1) is 11.8 Å². The van der Waals surface area contributed by atoms with Crippen LogP contribution in [0.25, 0.3) is 0 Å². The largest absolute Gasteiger partial charge is 0.293 e. The molecular weight excluding hydrogens is 300 g/mol. The number of aryl methyl sites for hydroxylation is 2. The molecule has 1 fully saturated rings. The number of thioether (sulfide) groups is 1. The van der Waals surface area contributed by atoms with E-state index in [-0.39, 0.29) is 0 Å². The highest BCUT2D eigenvalue weighted by Gasteiger charge is 2.22. The highest BCUT2D eigenvalue weighted by molar-refractivity contribution is 8.00. The van der Waals surface area contributed by atoms with Crippen molar-refractivity contribution < 1.29 is 0 Å². The fourth-order valence-electron chi connectivity index (χ4n) is 3.20. The fraction of sp³-hybridized carbons (Fsp3) is 0.400. The van der Waals surface area contributed by atoms with Crippen LogP contribution in [0.3, 0.4) is 0 Å². The summed E-state index contributed by atoms with van der Waals surface area (Å²) < 4.78 is 0. The van der Waals surface area contributed by atoms with Gasteiger partial charge in [0, 0.05) is 18.3 Å². The predicted octanol–water partition coefficient (Wildman–Crippen LogP) is 4.11. The van der Waals surface area contributed by atoms with E-state index < -0.39 is 0 Å². The highest BCUT2D eigenvalue weighted by Crippen LogP contribution is 2.26. The summed E-state index contributed by atoms with van der Waals surface area (Å²) >= 11 is 1.97. The van der Waals surface area contributed by atoms with Gasteiger partial charge in [0.1, 0.15) is 5.50 Å². The molecule has 2 atom stereocenters. The topological polar surface area (TPSA) is 24.1 Å². The molecule has 1 saturated heterocycles. The summed E-state index contributed by atoms with van der Waals surface area (Å²) in [6, 6.07) is 15.8. The van der Waals surface area contributed by atoms with Gasteiger partial charge in [0.05, 0.1) is 0 Å². The highest BCUT2D eigenvalue weighted by atomic mass is 32.2. The van der Waals surface area contributed by atoms with Crippen molar-refractivity contribution in [3.63, 3.8) is 0 Å². The van der Waals surface area contributed by atoms with Crippen molar-refractivity contribution in [1.29, 1.82) is 0 Å². The van der Waals surface area contributed by atoms with E-state index in [1.54, 1.807) is 0 Å². The van der Waals surface area contributed by atoms with Crippen LogP contribution in [-0.4, -0.2) is 17.8 Å². The lowest BCUT2D eigenvalue weighted by Crippen LogP contribution is -2.39. The van der Waals surface area contributed by atoms with Gasteiger partial charge in [-0.05, 0) is 49.4 Å². The summed E-state index contributed by atoms with van der Waals surface area (Å²) in [7, 11) is 0. The fourth-order valence-corrected chi connectivity index (χ4v) is 4.17. The molecule has 1 aliphatic rings. The van der Waals surface area contributed by atoms with Crippen LogP contribution in [0.1, 0.15) is 33.9 Å². The summed E-state index contributed by atoms with van der Waals surface area (Å²) in [6.07, 6.45) is 1.02. The molecule has 2 aromatic rings. The molecule has 122 valence electrons. The van der Waals surface area contributed by atoms with Crippen LogP contribution in [-0.2, 0) is 6.42 Å². The first-order valence-corrected chi connectivity index (χ1v) is 9.41. The molecular formula is C20H26N2S. The molecule has 3 rings (SSSR count). The van der Waals surface area contributed by atoms with E-state index in [1.807, 2.05) is 11.8 Å². The van der Waals surface area contributed by atoms with E-state index in [0.29, 0.717) is 11.5 Å². The first kappa shape index (κ1) is 16.6. The number of benzene rings is 2. The maximum Gasteiger partial charge on any atom is 0.106 e. The van der Waals surface area contributed by atoms with E-state index >= 15 is 0 Å². The molecule has 1 heterocycles. The van der Waals surface area contributed by atoms with Crippen molar-refractivity contribution in [2.24, 2.45) is 0 Å². The lowest BCUT2D eigenvalue weighted by molar-refractivity contribution is 0.477. The first-order valence-electron chi connectivity index (χ1n) is 8.36. The quantitative estimate of drug-likeness (QED) is 0.865. The molecule has 3 heteroatoms. The van der Waals surface area contributed by atoms with E-state index in [0.717, 1.165) is 13.0 Å². The average Bonchev–Trinajstić information content (AvgIpc) is 3.02. The molecule has 0 bridgehead atoms. The monoisotopic (exact) mass is 326 g/mol. The Kier molecular flexibility index (Phi) is 5.42. The van der Waals surface area contributed by atoms with Gasteiger partial charge in [-0.2, -0.15) is 0 Å². The van der Waals surface area contributed by atoms with Gasteiger partial charge in [-0.1, -0.05) is 48.0 Å². The zero-order valence-electron chi connectivity index (χ0n) is 14.2. The van der Waals surface area contributed by atoms with Crippen molar-refractivity contribution in [2.45, 2.75) is 38.7 Å². The number of nitrogens with one attached hydrogen (secondary N) is 2. The van der Waals surface area contributed by atoms with E-state index in [4.69, 9.17) is 0 Å². The molecule has 2 nitrogen and oxygen atoms in total. The third kappa shape index (κ3) is 4.17. The predicted molar refractivity (Wildman–Crippen MR) is 101 cm³/mol. The third-order valence-electron chi connectivity index (χ3n) is 4.61. The van der Waals surface area contributed by atoms with Crippen molar-refractivity contribution >= 4 is 11.8 Å². The van der Waals surface area contributed by atoms with Crippen molar-refractivity contribution in [2.75, 3.05) is 12.3 Å². The van der Waals surface area contributed by atoms with Gasteiger partial charge >= 0.3 is 0 Å². The summed E-state index contributed by atoms with van der Waals surface area (Å²) in [5, 5.41) is 7.36. The second-order valence-corrected chi connectivity index (χ2v) is 7.62. The molecule has 23 heavy (non-hydrogen) atoms. The Morgan fingerprint density at radius 3 is 2.74 bits per heavy atom. The van der Waals surface area contributed by atoms with Gasteiger partial charge in [0.15, 0.2) is 0 Å². The van der Waals surface area contributed by atoms with Crippen molar-refractivity contribution in [3.05, 3.63) is 70.3 Å². The van der Waals surface area contributed by atoms with Gasteiger partial charge in [-0.3, -0.25) is 10.6 Å². The van der Waals surface area contributed by atoms with Gasteiger partial charge in [0.2, 0.25) is 0 Å². The minimum Gasteiger partial charge on any atom is -0.293 e. The van der Waals surface area contributed by atoms with Crippen LogP contribution in [0.15, 0.2) is 42.5 Å². The first-order chi connectivity index (χ1) is 11.1. The molecule has 0 amide bonds. The second-order valence-electron chi connectivity index (χ2n) is 6.41.